The molecule has 1 fully saturated rings. The number of carbonyl (C=O) groups excluding carboxylic acids is 1. The maximum Gasteiger partial charge on any atom is 0.241 e. The molecule has 2 N–H and O–H groups in total. The minimum absolute atomic E-state index is 0.0920. The van der Waals surface area contributed by atoms with Crippen molar-refractivity contribution in [2.45, 2.75) is 56.1 Å². The summed E-state index contributed by atoms with van der Waals surface area (Å²) in [6, 6.07) is -0.148. The van der Waals surface area contributed by atoms with Crippen LogP contribution in [0.25, 0.3) is 0 Å². The Balaban J connectivity index is 3.06. The quantitative estimate of drug-likeness (QED) is 0.733. The first-order valence-electron chi connectivity index (χ1n) is 6.98. The van der Waals surface area contributed by atoms with Crippen LogP contribution >= 0.6 is 0 Å². The average molecular weight is 307 g/mol. The molecule has 1 aliphatic heterocycles. The molecule has 1 saturated heterocycles. The van der Waals surface area contributed by atoms with Gasteiger partial charge in [-0.15, -0.1) is 0 Å². The van der Waals surface area contributed by atoms with E-state index in [1.54, 1.807) is 13.8 Å². The highest BCUT2D eigenvalue weighted by Crippen LogP contribution is 2.30. The lowest BCUT2D eigenvalue weighted by Gasteiger charge is -2.34. The maximum atomic E-state index is 12.8. The molecule has 0 aromatic heterocycles. The summed E-state index contributed by atoms with van der Waals surface area (Å²) >= 11 is 0. The minimum atomic E-state index is -3.68. The fourth-order valence-corrected chi connectivity index (χ4v) is 4.61. The molecular weight excluding hydrogens is 282 g/mol. The van der Waals surface area contributed by atoms with Gasteiger partial charge in [0.1, 0.15) is 4.75 Å². The number of carbonyl (C=O) groups is 1. The number of nitrogens with one attached hydrogen (secondary N) is 1. The molecule has 0 bridgehead atoms. The number of hydrogen-bond donors (Lipinski definition) is 2. The summed E-state index contributed by atoms with van der Waals surface area (Å²) in [5.74, 6) is -0.534. The number of ether oxygens (including phenoxy) is 1. The van der Waals surface area contributed by atoms with Gasteiger partial charge in [-0.2, -0.15) is 0 Å². The zero-order chi connectivity index (χ0) is 15.4. The fourth-order valence-electron chi connectivity index (χ4n) is 2.37. The van der Waals surface area contributed by atoms with E-state index in [9.17, 15) is 18.3 Å². The largest absolute Gasteiger partial charge is 0.396 e. The molecule has 20 heavy (non-hydrogen) atoms. The van der Waals surface area contributed by atoms with Crippen molar-refractivity contribution in [3.05, 3.63) is 0 Å². The summed E-state index contributed by atoms with van der Waals surface area (Å²) in [7, 11) is -3.68. The Bertz CT molecular complexity index is 428. The maximum absolute atomic E-state index is 12.8. The van der Waals surface area contributed by atoms with Crippen LogP contribution in [0.15, 0.2) is 0 Å². The number of aliphatic hydroxyl groups is 1. The highest BCUT2D eigenvalue weighted by molar-refractivity contribution is 7.94. The number of amides is 1. The van der Waals surface area contributed by atoms with Crippen molar-refractivity contribution in [1.29, 1.82) is 0 Å². The lowest BCUT2D eigenvalue weighted by molar-refractivity contribution is -0.124. The Morgan fingerprint density at radius 2 is 1.95 bits per heavy atom. The van der Waals surface area contributed by atoms with Crippen LogP contribution in [0.3, 0.4) is 0 Å². The highest BCUT2D eigenvalue weighted by atomic mass is 32.2. The molecule has 0 aromatic rings. The third-order valence-electron chi connectivity index (χ3n) is 3.72. The van der Waals surface area contributed by atoms with Gasteiger partial charge in [-0.25, -0.2) is 8.42 Å². The molecule has 1 heterocycles. The predicted molar refractivity (Wildman–Crippen MR) is 76.1 cm³/mol. The average Bonchev–Trinajstić information content (AvgIpc) is 2.38. The van der Waals surface area contributed by atoms with E-state index in [1.807, 2.05) is 0 Å². The van der Waals surface area contributed by atoms with Crippen molar-refractivity contribution in [2.24, 2.45) is 0 Å². The van der Waals surface area contributed by atoms with Gasteiger partial charge in [-0.1, -0.05) is 0 Å². The number of aliphatic hydroxyl groups excluding tert-OH is 1. The molecule has 1 atom stereocenters. The normalized spacial score (nSPS) is 20.6. The third kappa shape index (κ3) is 3.51. The van der Waals surface area contributed by atoms with Gasteiger partial charge in [-0.05, 0) is 40.0 Å². The number of hydrogen-bond acceptors (Lipinski definition) is 5. The fraction of sp³-hybridized carbons (Fsp3) is 0.923. The van der Waals surface area contributed by atoms with E-state index in [1.165, 1.54) is 6.92 Å². The highest BCUT2D eigenvalue weighted by Gasteiger charge is 2.49. The molecule has 6 nitrogen and oxygen atoms in total. The van der Waals surface area contributed by atoms with Gasteiger partial charge in [0.05, 0.1) is 5.25 Å². The summed E-state index contributed by atoms with van der Waals surface area (Å²) in [6.07, 6.45) is 0.710. The molecule has 1 rings (SSSR count). The van der Waals surface area contributed by atoms with Gasteiger partial charge in [0.2, 0.25) is 5.91 Å². The van der Waals surface area contributed by atoms with Gasteiger partial charge in [-0.3, -0.25) is 4.79 Å². The summed E-state index contributed by atoms with van der Waals surface area (Å²) in [6.45, 7) is 5.41. The zero-order valence-corrected chi connectivity index (χ0v) is 13.2. The zero-order valence-electron chi connectivity index (χ0n) is 12.4. The van der Waals surface area contributed by atoms with E-state index in [-0.39, 0.29) is 19.1 Å². The molecule has 1 unspecified atom stereocenters. The molecule has 7 heteroatoms. The smallest absolute Gasteiger partial charge is 0.241 e. The Labute approximate surface area is 120 Å². The summed E-state index contributed by atoms with van der Waals surface area (Å²) in [5.41, 5.74) is 0. The van der Waals surface area contributed by atoms with Crippen LogP contribution < -0.4 is 5.32 Å². The van der Waals surface area contributed by atoms with Crippen molar-refractivity contribution in [2.75, 3.05) is 19.8 Å². The van der Waals surface area contributed by atoms with Gasteiger partial charge >= 0.3 is 0 Å². The standard InChI is InChI=1S/C13H25NO5S/c1-10(2)14-12(16)13(3,6-7-15)20(17,18)11-4-8-19-9-5-11/h10-11,15H,4-9H2,1-3H3,(H,14,16). The molecule has 0 aliphatic carbocycles. The Morgan fingerprint density at radius 3 is 2.40 bits per heavy atom. The second kappa shape index (κ2) is 6.87. The minimum Gasteiger partial charge on any atom is -0.396 e. The second-order valence-electron chi connectivity index (χ2n) is 5.69. The Hall–Kier alpha value is -0.660. The van der Waals surface area contributed by atoms with Crippen molar-refractivity contribution in [1.82, 2.24) is 5.32 Å². The van der Waals surface area contributed by atoms with Crippen LogP contribution in [0, 0.1) is 0 Å². The third-order valence-corrected chi connectivity index (χ3v) is 6.72. The van der Waals surface area contributed by atoms with Crippen LogP contribution in [-0.4, -0.2) is 55.3 Å². The van der Waals surface area contributed by atoms with Crippen molar-refractivity contribution in [3.8, 4) is 0 Å². The van der Waals surface area contributed by atoms with Crippen LogP contribution in [-0.2, 0) is 19.4 Å². The second-order valence-corrected chi connectivity index (χ2v) is 8.35. The van der Waals surface area contributed by atoms with Crippen LogP contribution in [0.5, 0.6) is 0 Å². The summed E-state index contributed by atoms with van der Waals surface area (Å²) in [4.78, 5) is 12.3. The predicted octanol–water partition coefficient (Wildman–Crippen LogP) is 0.246. The Morgan fingerprint density at radius 1 is 1.40 bits per heavy atom. The van der Waals surface area contributed by atoms with E-state index < -0.39 is 25.7 Å². The van der Waals surface area contributed by atoms with Crippen LogP contribution in [0.4, 0.5) is 0 Å². The number of rotatable bonds is 6. The van der Waals surface area contributed by atoms with E-state index in [0.717, 1.165) is 0 Å². The van der Waals surface area contributed by atoms with E-state index >= 15 is 0 Å². The van der Waals surface area contributed by atoms with Crippen molar-refractivity contribution >= 4 is 15.7 Å². The van der Waals surface area contributed by atoms with E-state index in [2.05, 4.69) is 5.32 Å². The summed E-state index contributed by atoms with van der Waals surface area (Å²) < 4.78 is 29.2. The molecule has 1 amide bonds. The summed E-state index contributed by atoms with van der Waals surface area (Å²) in [5, 5.41) is 11.3. The molecule has 0 saturated carbocycles. The molecule has 118 valence electrons. The van der Waals surface area contributed by atoms with Crippen LogP contribution in [0.1, 0.15) is 40.0 Å². The van der Waals surface area contributed by atoms with Gasteiger partial charge in [0.15, 0.2) is 9.84 Å². The number of sulfone groups is 1. The van der Waals surface area contributed by atoms with Crippen molar-refractivity contribution < 1.29 is 23.1 Å². The van der Waals surface area contributed by atoms with Gasteiger partial charge < -0.3 is 15.2 Å². The van der Waals surface area contributed by atoms with Crippen LogP contribution in [0.2, 0.25) is 0 Å². The molecular formula is C13H25NO5S. The first-order valence-corrected chi connectivity index (χ1v) is 8.53. The Kier molecular flexibility index (Phi) is 5.97. The first kappa shape index (κ1) is 17.4. The van der Waals surface area contributed by atoms with Crippen molar-refractivity contribution in [3.63, 3.8) is 0 Å². The molecule has 0 radical (unpaired) electrons. The first-order chi connectivity index (χ1) is 9.25. The molecule has 0 spiro atoms. The SMILES string of the molecule is CC(C)NC(=O)C(C)(CCO)S(=O)(=O)C1CCOCC1. The molecule has 1 aliphatic rings. The lowest BCUT2D eigenvalue weighted by atomic mass is 10.1. The topological polar surface area (TPSA) is 92.7 Å². The molecule has 0 aromatic carbocycles. The van der Waals surface area contributed by atoms with Gasteiger partial charge in [0.25, 0.3) is 0 Å². The van der Waals surface area contributed by atoms with Gasteiger partial charge in [0, 0.05) is 25.9 Å². The monoisotopic (exact) mass is 307 g/mol. The lowest BCUT2D eigenvalue weighted by Crippen LogP contribution is -2.56. The van der Waals surface area contributed by atoms with E-state index in [4.69, 9.17) is 4.74 Å². The van der Waals surface area contributed by atoms with E-state index in [0.29, 0.717) is 26.1 Å².